The fraction of sp³-hybridized carbons (Fsp3) is 0.545. The maximum absolute atomic E-state index is 10.1. The number of ether oxygens (including phenoxy) is 1. The molecule has 1 atom stereocenters. The number of hydrogen-bond acceptors (Lipinski definition) is 3. The summed E-state index contributed by atoms with van der Waals surface area (Å²) in [5.74, 6) is 0.535. The molecule has 0 aliphatic heterocycles. The zero-order chi connectivity index (χ0) is 10.2. The number of hydrogen-bond donors (Lipinski definition) is 1. The molecule has 2 rings (SSSR count). The third kappa shape index (κ3) is 1.48. The maximum Gasteiger partial charge on any atom is 0.218 e. The van der Waals surface area contributed by atoms with Gasteiger partial charge in [-0.3, -0.25) is 0 Å². The molecule has 1 aromatic heterocycles. The second-order valence-electron chi connectivity index (χ2n) is 4.16. The lowest BCUT2D eigenvalue weighted by Gasteiger charge is -2.19. The molecule has 3 nitrogen and oxygen atoms in total. The summed E-state index contributed by atoms with van der Waals surface area (Å²) in [6.07, 6.45) is 3.37. The summed E-state index contributed by atoms with van der Waals surface area (Å²) in [7, 11) is 1.58. The summed E-state index contributed by atoms with van der Waals surface area (Å²) < 4.78 is 5.12. The van der Waals surface area contributed by atoms with Crippen LogP contribution < -0.4 is 4.74 Å². The Morgan fingerprint density at radius 1 is 1.57 bits per heavy atom. The average molecular weight is 193 g/mol. The Kier molecular flexibility index (Phi) is 2.19. The molecule has 1 unspecified atom stereocenters. The van der Waals surface area contributed by atoms with Crippen LogP contribution in [0.3, 0.4) is 0 Å². The van der Waals surface area contributed by atoms with E-state index in [1.807, 2.05) is 12.1 Å². The zero-order valence-corrected chi connectivity index (χ0v) is 8.53. The first-order valence-electron chi connectivity index (χ1n) is 4.84. The first kappa shape index (κ1) is 9.46. The minimum Gasteiger partial charge on any atom is -0.481 e. The molecule has 1 fully saturated rings. The molecule has 0 aromatic carbocycles. The van der Waals surface area contributed by atoms with Crippen LogP contribution in [0.1, 0.15) is 31.4 Å². The normalized spacial score (nSPS) is 20.2. The highest BCUT2D eigenvalue weighted by molar-refractivity contribution is 5.30. The van der Waals surface area contributed by atoms with Crippen LogP contribution in [0.15, 0.2) is 18.3 Å². The van der Waals surface area contributed by atoms with Crippen molar-refractivity contribution in [3.63, 3.8) is 0 Å². The first-order valence-corrected chi connectivity index (χ1v) is 4.84. The summed E-state index contributed by atoms with van der Waals surface area (Å²) in [6, 6.07) is 3.70. The summed E-state index contributed by atoms with van der Waals surface area (Å²) in [5, 5.41) is 10.1. The van der Waals surface area contributed by atoms with Crippen molar-refractivity contribution in [2.75, 3.05) is 7.11 Å². The summed E-state index contributed by atoms with van der Waals surface area (Å²) >= 11 is 0. The lowest BCUT2D eigenvalue weighted by molar-refractivity contribution is 0.0999. The molecule has 1 aliphatic carbocycles. The predicted octanol–water partition coefficient (Wildman–Crippen LogP) is 1.92. The molecule has 0 radical (unpaired) electrons. The number of pyridine rings is 1. The molecule has 0 amide bonds. The van der Waals surface area contributed by atoms with Crippen LogP contribution in [-0.2, 0) is 0 Å². The van der Waals surface area contributed by atoms with Gasteiger partial charge in [0.25, 0.3) is 0 Å². The zero-order valence-electron chi connectivity index (χ0n) is 8.53. The molecular weight excluding hydrogens is 178 g/mol. The quantitative estimate of drug-likeness (QED) is 0.797. The highest BCUT2D eigenvalue weighted by atomic mass is 16.5. The van der Waals surface area contributed by atoms with Gasteiger partial charge in [-0.15, -0.1) is 0 Å². The number of nitrogens with zero attached hydrogens (tertiary/aromatic N) is 1. The van der Waals surface area contributed by atoms with Crippen molar-refractivity contribution in [3.05, 3.63) is 23.9 Å². The molecule has 1 aromatic rings. The molecule has 1 heterocycles. The first-order chi connectivity index (χ1) is 6.67. The van der Waals surface area contributed by atoms with Gasteiger partial charge in [-0.2, -0.15) is 0 Å². The standard InChI is InChI=1S/C11H15NO2/c1-11(5-6-11)9(13)8-4-3-7-12-10(8)14-2/h3-4,7,9,13H,5-6H2,1-2H3. The van der Waals surface area contributed by atoms with E-state index < -0.39 is 6.10 Å². The molecule has 3 heteroatoms. The monoisotopic (exact) mass is 193 g/mol. The number of aliphatic hydroxyl groups is 1. The molecule has 0 spiro atoms. The SMILES string of the molecule is COc1ncccc1C(O)C1(C)CC1. The summed E-state index contributed by atoms with van der Waals surface area (Å²) in [6.45, 7) is 2.09. The third-order valence-electron chi connectivity index (χ3n) is 2.99. The second-order valence-corrected chi connectivity index (χ2v) is 4.16. The summed E-state index contributed by atoms with van der Waals surface area (Å²) in [5.41, 5.74) is 0.839. The minimum absolute atomic E-state index is 0.0380. The van der Waals surface area contributed by atoms with E-state index in [1.54, 1.807) is 13.3 Å². The van der Waals surface area contributed by atoms with Gasteiger partial charge in [0, 0.05) is 11.8 Å². The van der Waals surface area contributed by atoms with Crippen LogP contribution in [-0.4, -0.2) is 17.2 Å². The highest BCUT2D eigenvalue weighted by Gasteiger charge is 2.45. The van der Waals surface area contributed by atoms with E-state index in [2.05, 4.69) is 11.9 Å². The van der Waals surface area contributed by atoms with E-state index in [0.717, 1.165) is 18.4 Å². The van der Waals surface area contributed by atoms with Gasteiger partial charge in [-0.1, -0.05) is 6.92 Å². The molecular formula is C11H15NO2. The van der Waals surface area contributed by atoms with Gasteiger partial charge in [0.2, 0.25) is 5.88 Å². The molecule has 1 N–H and O–H groups in total. The number of aromatic nitrogens is 1. The molecule has 0 bridgehead atoms. The van der Waals surface area contributed by atoms with E-state index >= 15 is 0 Å². The van der Waals surface area contributed by atoms with Gasteiger partial charge in [0.15, 0.2) is 0 Å². The molecule has 14 heavy (non-hydrogen) atoms. The van der Waals surface area contributed by atoms with Gasteiger partial charge < -0.3 is 9.84 Å². The molecule has 76 valence electrons. The topological polar surface area (TPSA) is 42.4 Å². The van der Waals surface area contributed by atoms with E-state index in [0.29, 0.717) is 5.88 Å². The number of methoxy groups -OCH3 is 1. The van der Waals surface area contributed by atoms with Crippen molar-refractivity contribution in [2.24, 2.45) is 5.41 Å². The van der Waals surface area contributed by atoms with Crippen LogP contribution in [0, 0.1) is 5.41 Å². The van der Waals surface area contributed by atoms with Gasteiger partial charge in [-0.25, -0.2) is 4.98 Å². The Morgan fingerprint density at radius 3 is 2.86 bits per heavy atom. The molecule has 0 saturated heterocycles. The largest absolute Gasteiger partial charge is 0.481 e. The Balaban J connectivity index is 2.30. The van der Waals surface area contributed by atoms with Crippen LogP contribution in [0.4, 0.5) is 0 Å². The Morgan fingerprint density at radius 2 is 2.29 bits per heavy atom. The van der Waals surface area contributed by atoms with Crippen molar-refractivity contribution in [2.45, 2.75) is 25.9 Å². The maximum atomic E-state index is 10.1. The second kappa shape index (κ2) is 3.24. The fourth-order valence-corrected chi connectivity index (χ4v) is 1.63. The average Bonchev–Trinajstić information content (AvgIpc) is 2.97. The van der Waals surface area contributed by atoms with E-state index in [9.17, 15) is 5.11 Å². The lowest BCUT2D eigenvalue weighted by atomic mass is 9.96. The Hall–Kier alpha value is -1.09. The van der Waals surface area contributed by atoms with E-state index in [1.165, 1.54) is 0 Å². The van der Waals surface area contributed by atoms with Gasteiger partial charge in [-0.05, 0) is 30.4 Å². The van der Waals surface area contributed by atoms with Crippen molar-refractivity contribution in [3.8, 4) is 5.88 Å². The van der Waals surface area contributed by atoms with E-state index in [-0.39, 0.29) is 5.41 Å². The highest BCUT2D eigenvalue weighted by Crippen LogP contribution is 2.55. The van der Waals surface area contributed by atoms with Gasteiger partial charge in [0.05, 0.1) is 13.2 Å². The van der Waals surface area contributed by atoms with Crippen molar-refractivity contribution < 1.29 is 9.84 Å². The van der Waals surface area contributed by atoms with E-state index in [4.69, 9.17) is 4.74 Å². The number of aliphatic hydroxyl groups excluding tert-OH is 1. The lowest BCUT2D eigenvalue weighted by Crippen LogP contribution is -2.11. The summed E-state index contributed by atoms with van der Waals surface area (Å²) in [4.78, 5) is 4.08. The van der Waals surface area contributed by atoms with Crippen LogP contribution in [0.25, 0.3) is 0 Å². The predicted molar refractivity (Wildman–Crippen MR) is 53.1 cm³/mol. The Bertz CT molecular complexity index is 334. The number of rotatable bonds is 3. The fourth-order valence-electron chi connectivity index (χ4n) is 1.63. The van der Waals surface area contributed by atoms with Crippen molar-refractivity contribution >= 4 is 0 Å². The third-order valence-corrected chi connectivity index (χ3v) is 2.99. The van der Waals surface area contributed by atoms with Crippen molar-refractivity contribution in [1.82, 2.24) is 4.98 Å². The van der Waals surface area contributed by atoms with Crippen LogP contribution in [0.5, 0.6) is 5.88 Å². The molecule has 1 saturated carbocycles. The van der Waals surface area contributed by atoms with Crippen LogP contribution >= 0.6 is 0 Å². The minimum atomic E-state index is -0.453. The Labute approximate surface area is 83.7 Å². The van der Waals surface area contributed by atoms with Gasteiger partial charge in [0.1, 0.15) is 0 Å². The van der Waals surface area contributed by atoms with Crippen LogP contribution in [0.2, 0.25) is 0 Å². The molecule has 1 aliphatic rings. The smallest absolute Gasteiger partial charge is 0.218 e. The van der Waals surface area contributed by atoms with Crippen molar-refractivity contribution in [1.29, 1.82) is 0 Å². The van der Waals surface area contributed by atoms with Gasteiger partial charge >= 0.3 is 0 Å².